The molecule has 0 radical (unpaired) electrons. The van der Waals surface area contributed by atoms with Gasteiger partial charge in [0.15, 0.2) is 11.6 Å². The van der Waals surface area contributed by atoms with E-state index in [0.29, 0.717) is 17.3 Å². The van der Waals surface area contributed by atoms with Crippen LogP contribution in [-0.2, 0) is 16.0 Å². The fourth-order valence-corrected chi connectivity index (χ4v) is 2.29. The van der Waals surface area contributed by atoms with Gasteiger partial charge in [0.05, 0.1) is 20.0 Å². The molecule has 1 amide bonds. The molecule has 8 nitrogen and oxygen atoms in total. The van der Waals surface area contributed by atoms with Gasteiger partial charge in [0.1, 0.15) is 11.8 Å². The maximum absolute atomic E-state index is 12.2. The van der Waals surface area contributed by atoms with Crippen molar-refractivity contribution >= 4 is 17.4 Å². The second kappa shape index (κ2) is 5.31. The predicted octanol–water partition coefficient (Wildman–Crippen LogP) is 0.125. The third-order valence-corrected chi connectivity index (χ3v) is 3.37. The van der Waals surface area contributed by atoms with Gasteiger partial charge in [-0.05, 0) is 12.1 Å². The molecule has 108 valence electrons. The van der Waals surface area contributed by atoms with Crippen molar-refractivity contribution in [3.8, 4) is 5.75 Å². The van der Waals surface area contributed by atoms with E-state index in [-0.39, 0.29) is 24.5 Å². The molecule has 1 saturated heterocycles. The molecule has 0 spiro atoms. The average molecular weight is 287 g/mol. The molecule has 2 heterocycles. The summed E-state index contributed by atoms with van der Waals surface area (Å²) in [6.07, 6.45) is 0.253. The number of benzene rings is 1. The maximum atomic E-state index is 12.2. The van der Waals surface area contributed by atoms with Crippen molar-refractivity contribution < 1.29 is 14.3 Å². The normalized spacial score (nSPS) is 17.5. The number of rotatable bonds is 5. The number of aromatic amines is 1. The van der Waals surface area contributed by atoms with E-state index in [4.69, 9.17) is 4.74 Å². The van der Waals surface area contributed by atoms with Crippen LogP contribution >= 0.6 is 0 Å². The molecule has 21 heavy (non-hydrogen) atoms. The number of methoxy groups -OCH3 is 1. The van der Waals surface area contributed by atoms with E-state index in [1.54, 1.807) is 31.4 Å². The van der Waals surface area contributed by atoms with Crippen LogP contribution in [0.1, 0.15) is 12.2 Å². The molecule has 1 aromatic heterocycles. The van der Waals surface area contributed by atoms with E-state index in [2.05, 4.69) is 20.6 Å². The number of carbonyl (C=O) groups is 2. The molecule has 1 atom stereocenters. The number of Topliss-reactive ketones (excluding diaryl/α,β-unsaturated/α-hetero) is 1. The van der Waals surface area contributed by atoms with E-state index >= 15 is 0 Å². The lowest BCUT2D eigenvalue weighted by atomic mass is 9.94. The van der Waals surface area contributed by atoms with Crippen molar-refractivity contribution in [3.63, 3.8) is 0 Å². The Morgan fingerprint density at radius 2 is 2.38 bits per heavy atom. The molecule has 8 heteroatoms. The zero-order valence-corrected chi connectivity index (χ0v) is 11.3. The molecule has 1 unspecified atom stereocenters. The SMILES string of the molecule is COc1cccc(N2C(=O)CC2C(=O)Cc2nn[nH]n2)c1. The first kappa shape index (κ1) is 13.2. The minimum Gasteiger partial charge on any atom is -0.497 e. The van der Waals surface area contributed by atoms with Gasteiger partial charge in [-0.3, -0.25) is 9.59 Å². The lowest BCUT2D eigenvalue weighted by Gasteiger charge is -2.39. The number of ketones is 1. The van der Waals surface area contributed by atoms with Gasteiger partial charge < -0.3 is 9.64 Å². The van der Waals surface area contributed by atoms with E-state index in [1.807, 2.05) is 0 Å². The highest BCUT2D eigenvalue weighted by molar-refractivity contribution is 6.10. The topological polar surface area (TPSA) is 101 Å². The number of tetrazole rings is 1. The van der Waals surface area contributed by atoms with Crippen molar-refractivity contribution in [2.45, 2.75) is 18.9 Å². The second-order valence-corrected chi connectivity index (χ2v) is 4.66. The summed E-state index contributed by atoms with van der Waals surface area (Å²) in [7, 11) is 1.55. The first-order valence-corrected chi connectivity index (χ1v) is 6.40. The number of hydrogen-bond donors (Lipinski definition) is 1. The Kier molecular flexibility index (Phi) is 3.35. The third-order valence-electron chi connectivity index (χ3n) is 3.37. The van der Waals surface area contributed by atoms with E-state index in [9.17, 15) is 9.59 Å². The van der Waals surface area contributed by atoms with Crippen LogP contribution in [-0.4, -0.2) is 45.5 Å². The standard InChI is InChI=1S/C13H13N5O3/c1-21-9-4-2-3-8(5-9)18-10(6-13(18)20)11(19)7-12-14-16-17-15-12/h2-5,10H,6-7H2,1H3,(H,14,15,16,17). The van der Waals surface area contributed by atoms with E-state index in [0.717, 1.165) is 0 Å². The zero-order chi connectivity index (χ0) is 14.8. The minimum atomic E-state index is -0.483. The van der Waals surface area contributed by atoms with Gasteiger partial charge in [-0.1, -0.05) is 11.3 Å². The first-order valence-electron chi connectivity index (χ1n) is 6.40. The highest BCUT2D eigenvalue weighted by atomic mass is 16.5. The minimum absolute atomic E-state index is 0.0505. The Labute approximate surface area is 120 Å². The Hall–Kier alpha value is -2.77. The number of H-pyrrole nitrogens is 1. The number of anilines is 1. The summed E-state index contributed by atoms with van der Waals surface area (Å²) in [6, 6.07) is 6.58. The highest BCUT2D eigenvalue weighted by Gasteiger charge is 2.42. The van der Waals surface area contributed by atoms with Crippen LogP contribution in [0, 0.1) is 0 Å². The summed E-state index contributed by atoms with van der Waals surface area (Å²) >= 11 is 0. The van der Waals surface area contributed by atoms with Gasteiger partial charge in [-0.25, -0.2) is 0 Å². The molecule has 2 aromatic rings. The molecule has 1 aromatic carbocycles. The Balaban J connectivity index is 1.77. The Morgan fingerprint density at radius 1 is 1.52 bits per heavy atom. The fraction of sp³-hybridized carbons (Fsp3) is 0.308. The number of ether oxygens (including phenoxy) is 1. The number of β-lactam (4-membered cyclic amide) rings is 1. The molecular formula is C13H13N5O3. The molecule has 0 aliphatic carbocycles. The molecule has 1 aliphatic heterocycles. The number of carbonyl (C=O) groups excluding carboxylic acids is 2. The van der Waals surface area contributed by atoms with Gasteiger partial charge in [-0.2, -0.15) is 5.21 Å². The van der Waals surface area contributed by atoms with Gasteiger partial charge >= 0.3 is 0 Å². The molecule has 0 bridgehead atoms. The summed E-state index contributed by atoms with van der Waals surface area (Å²) in [5.41, 5.74) is 0.650. The van der Waals surface area contributed by atoms with Crippen LogP contribution in [0.15, 0.2) is 24.3 Å². The van der Waals surface area contributed by atoms with Crippen LogP contribution in [0.3, 0.4) is 0 Å². The summed E-state index contributed by atoms with van der Waals surface area (Å²) in [5.74, 6) is 0.759. The molecule has 0 saturated carbocycles. The smallest absolute Gasteiger partial charge is 0.230 e. The van der Waals surface area contributed by atoms with Crippen molar-refractivity contribution in [2.24, 2.45) is 0 Å². The quantitative estimate of drug-likeness (QED) is 0.784. The van der Waals surface area contributed by atoms with Crippen molar-refractivity contribution in [1.29, 1.82) is 0 Å². The molecular weight excluding hydrogens is 274 g/mol. The van der Waals surface area contributed by atoms with Gasteiger partial charge in [-0.15, -0.1) is 10.2 Å². The molecule has 3 rings (SSSR count). The summed E-state index contributed by atoms with van der Waals surface area (Å²) < 4.78 is 5.13. The van der Waals surface area contributed by atoms with E-state index < -0.39 is 6.04 Å². The van der Waals surface area contributed by atoms with Crippen LogP contribution in [0.2, 0.25) is 0 Å². The molecule has 1 fully saturated rings. The largest absolute Gasteiger partial charge is 0.497 e. The molecule has 1 N–H and O–H groups in total. The first-order chi connectivity index (χ1) is 10.2. The van der Waals surface area contributed by atoms with Crippen LogP contribution < -0.4 is 9.64 Å². The van der Waals surface area contributed by atoms with Crippen LogP contribution in [0.5, 0.6) is 5.75 Å². The van der Waals surface area contributed by atoms with E-state index in [1.165, 1.54) is 4.90 Å². The van der Waals surface area contributed by atoms with Gasteiger partial charge in [0, 0.05) is 11.8 Å². The number of hydrogen-bond acceptors (Lipinski definition) is 6. The number of nitrogens with one attached hydrogen (secondary N) is 1. The predicted molar refractivity (Wildman–Crippen MR) is 71.8 cm³/mol. The van der Waals surface area contributed by atoms with Gasteiger partial charge in [0.25, 0.3) is 0 Å². The number of nitrogens with zero attached hydrogens (tertiary/aromatic N) is 4. The second-order valence-electron chi connectivity index (χ2n) is 4.66. The van der Waals surface area contributed by atoms with Crippen molar-refractivity contribution in [2.75, 3.05) is 12.0 Å². The Bertz CT molecular complexity index is 670. The number of amides is 1. The van der Waals surface area contributed by atoms with Crippen molar-refractivity contribution in [3.05, 3.63) is 30.1 Å². The zero-order valence-electron chi connectivity index (χ0n) is 11.3. The monoisotopic (exact) mass is 287 g/mol. The van der Waals surface area contributed by atoms with Crippen molar-refractivity contribution in [1.82, 2.24) is 20.6 Å². The maximum Gasteiger partial charge on any atom is 0.230 e. The van der Waals surface area contributed by atoms with Gasteiger partial charge in [0.2, 0.25) is 5.91 Å². The lowest BCUT2D eigenvalue weighted by molar-refractivity contribution is -0.132. The summed E-state index contributed by atoms with van der Waals surface area (Å²) in [4.78, 5) is 25.5. The third kappa shape index (κ3) is 2.47. The van der Waals surface area contributed by atoms with Crippen LogP contribution in [0.4, 0.5) is 5.69 Å². The average Bonchev–Trinajstić information content (AvgIpc) is 2.97. The number of aromatic nitrogens is 4. The molecule has 1 aliphatic rings. The van der Waals surface area contributed by atoms with Crippen LogP contribution in [0.25, 0.3) is 0 Å². The Morgan fingerprint density at radius 3 is 3.05 bits per heavy atom. The summed E-state index contributed by atoms with van der Waals surface area (Å²) in [5, 5.41) is 13.2. The fourth-order valence-electron chi connectivity index (χ4n) is 2.29. The lowest BCUT2D eigenvalue weighted by Crippen LogP contribution is -2.57. The highest BCUT2D eigenvalue weighted by Crippen LogP contribution is 2.31. The summed E-state index contributed by atoms with van der Waals surface area (Å²) in [6.45, 7) is 0.